The molecule has 0 aromatic carbocycles. The second-order valence-corrected chi connectivity index (χ2v) is 9.11. The van der Waals surface area contributed by atoms with Gasteiger partial charge >= 0.3 is 0 Å². The highest BCUT2D eigenvalue weighted by Gasteiger charge is 2.24. The molecular weight excluding hydrogens is 410 g/mol. The number of pyridine rings is 1. The monoisotopic (exact) mass is 419 g/mol. The van der Waals surface area contributed by atoms with Crippen LogP contribution < -0.4 is 5.73 Å². The minimum absolute atomic E-state index is 0.159. The number of hydrogen-bond acceptors (Lipinski definition) is 5. The lowest BCUT2D eigenvalue weighted by Crippen LogP contribution is -2.11. The SMILES string of the molecule is NCCc1cn(S(=O)(=O)c2cc(Br)c(Cl)s2)c2ncccc12. The maximum Gasteiger partial charge on any atom is 0.278 e. The predicted octanol–water partition coefficient (Wildman–Crippen LogP) is 3.25. The fourth-order valence-corrected chi connectivity index (χ4v) is 5.92. The number of halogens is 2. The average molecular weight is 421 g/mol. The van der Waals surface area contributed by atoms with Gasteiger partial charge in [-0.15, -0.1) is 11.3 Å². The zero-order valence-electron chi connectivity index (χ0n) is 11.2. The van der Waals surface area contributed by atoms with Gasteiger partial charge in [-0.3, -0.25) is 0 Å². The Morgan fingerprint density at radius 3 is 2.86 bits per heavy atom. The molecule has 0 amide bonds. The minimum atomic E-state index is -3.75. The van der Waals surface area contributed by atoms with Crippen molar-refractivity contribution in [2.24, 2.45) is 5.73 Å². The summed E-state index contributed by atoms with van der Waals surface area (Å²) in [5.41, 5.74) is 6.86. The molecule has 0 atom stereocenters. The highest BCUT2D eigenvalue weighted by atomic mass is 79.9. The second kappa shape index (κ2) is 5.93. The summed E-state index contributed by atoms with van der Waals surface area (Å²) >= 11 is 10.2. The number of nitrogens with two attached hydrogens (primary N) is 1. The minimum Gasteiger partial charge on any atom is -0.330 e. The highest BCUT2D eigenvalue weighted by Crippen LogP contribution is 2.36. The Bertz CT molecular complexity index is 930. The second-order valence-electron chi connectivity index (χ2n) is 4.56. The molecule has 0 saturated heterocycles. The van der Waals surface area contributed by atoms with Crippen molar-refractivity contribution >= 4 is 59.9 Å². The maximum absolute atomic E-state index is 12.9. The number of thiophene rings is 1. The lowest BCUT2D eigenvalue weighted by atomic mass is 10.2. The van der Waals surface area contributed by atoms with Crippen molar-refractivity contribution in [3.05, 3.63) is 45.0 Å². The zero-order valence-corrected chi connectivity index (χ0v) is 15.1. The Kier molecular flexibility index (Phi) is 4.30. The summed E-state index contributed by atoms with van der Waals surface area (Å²) in [6.45, 7) is 0.435. The van der Waals surface area contributed by atoms with Gasteiger partial charge in [0, 0.05) is 22.3 Å². The summed E-state index contributed by atoms with van der Waals surface area (Å²) in [6, 6.07) is 5.12. The summed E-state index contributed by atoms with van der Waals surface area (Å²) in [7, 11) is -3.75. The first-order chi connectivity index (χ1) is 10.4. The summed E-state index contributed by atoms with van der Waals surface area (Å²) in [6.07, 6.45) is 3.74. The number of rotatable bonds is 4. The first-order valence-corrected chi connectivity index (χ1v) is 9.73. The van der Waals surface area contributed by atoms with E-state index in [2.05, 4.69) is 20.9 Å². The van der Waals surface area contributed by atoms with Crippen LogP contribution in [0.25, 0.3) is 11.0 Å². The third-order valence-corrected chi connectivity index (χ3v) is 7.74. The molecule has 116 valence electrons. The Hall–Kier alpha value is -0.930. The molecule has 0 aliphatic carbocycles. The standard InChI is InChI=1S/C13H11BrClN3O2S2/c14-10-6-11(21-12(10)15)22(19,20)18-7-8(3-4-16)9-2-1-5-17-13(9)18/h1-2,5-7H,3-4,16H2. The number of fused-ring (bicyclic) bond motifs is 1. The molecule has 9 heteroatoms. The maximum atomic E-state index is 12.9. The van der Waals surface area contributed by atoms with Crippen LogP contribution in [0.2, 0.25) is 4.34 Å². The van der Waals surface area contributed by atoms with Crippen LogP contribution in [-0.4, -0.2) is 23.9 Å². The molecular formula is C13H11BrClN3O2S2. The molecule has 3 aromatic rings. The molecule has 0 aliphatic rings. The molecule has 3 aromatic heterocycles. The lowest BCUT2D eigenvalue weighted by Gasteiger charge is -2.03. The highest BCUT2D eigenvalue weighted by molar-refractivity contribution is 9.10. The Balaban J connectivity index is 2.25. The number of nitrogens with zero attached hydrogens (tertiary/aromatic N) is 2. The van der Waals surface area contributed by atoms with Crippen LogP contribution >= 0.6 is 38.9 Å². The summed E-state index contributed by atoms with van der Waals surface area (Å²) < 4.78 is 28.0. The van der Waals surface area contributed by atoms with Crippen molar-refractivity contribution in [1.82, 2.24) is 8.96 Å². The average Bonchev–Trinajstić information content (AvgIpc) is 3.02. The van der Waals surface area contributed by atoms with Gasteiger partial charge in [-0.2, -0.15) is 8.42 Å². The molecule has 0 spiro atoms. The van der Waals surface area contributed by atoms with E-state index in [1.165, 1.54) is 10.0 Å². The predicted molar refractivity (Wildman–Crippen MR) is 92.1 cm³/mol. The van der Waals surface area contributed by atoms with Crippen LogP contribution in [0.3, 0.4) is 0 Å². The van der Waals surface area contributed by atoms with E-state index < -0.39 is 10.0 Å². The van der Waals surface area contributed by atoms with Crippen LogP contribution in [0, 0.1) is 0 Å². The van der Waals surface area contributed by atoms with E-state index in [-0.39, 0.29) is 4.21 Å². The van der Waals surface area contributed by atoms with Crippen LogP contribution in [-0.2, 0) is 16.4 Å². The van der Waals surface area contributed by atoms with Crippen LogP contribution in [0.4, 0.5) is 0 Å². The smallest absolute Gasteiger partial charge is 0.278 e. The first kappa shape index (κ1) is 15.9. The molecule has 3 rings (SSSR count). The Labute approximate surface area is 144 Å². The van der Waals surface area contributed by atoms with E-state index in [0.29, 0.717) is 27.4 Å². The van der Waals surface area contributed by atoms with Gasteiger partial charge in [0.1, 0.15) is 8.55 Å². The molecule has 2 N–H and O–H groups in total. The number of hydrogen-bond donors (Lipinski definition) is 1. The van der Waals surface area contributed by atoms with Crippen LogP contribution in [0.1, 0.15) is 5.56 Å². The van der Waals surface area contributed by atoms with Crippen molar-refractivity contribution in [3.8, 4) is 0 Å². The van der Waals surface area contributed by atoms with Gasteiger partial charge in [0.2, 0.25) is 0 Å². The van der Waals surface area contributed by atoms with Crippen LogP contribution in [0.15, 0.2) is 39.3 Å². The molecule has 5 nitrogen and oxygen atoms in total. The molecule has 0 radical (unpaired) electrons. The van der Waals surface area contributed by atoms with Crippen molar-refractivity contribution in [3.63, 3.8) is 0 Å². The van der Waals surface area contributed by atoms with Gasteiger partial charge in [-0.05, 0) is 52.7 Å². The van der Waals surface area contributed by atoms with E-state index in [4.69, 9.17) is 17.3 Å². The largest absolute Gasteiger partial charge is 0.330 e. The summed E-state index contributed by atoms with van der Waals surface area (Å²) in [5.74, 6) is 0. The quantitative estimate of drug-likeness (QED) is 0.703. The normalized spacial score (nSPS) is 12.1. The fourth-order valence-electron chi connectivity index (χ4n) is 2.18. The molecule has 3 heterocycles. The fraction of sp³-hybridized carbons (Fsp3) is 0.154. The van der Waals surface area contributed by atoms with E-state index in [0.717, 1.165) is 22.3 Å². The summed E-state index contributed by atoms with van der Waals surface area (Å²) in [5, 5.41) is 0.790. The van der Waals surface area contributed by atoms with E-state index in [1.807, 2.05) is 6.07 Å². The van der Waals surface area contributed by atoms with Crippen molar-refractivity contribution < 1.29 is 8.42 Å². The van der Waals surface area contributed by atoms with Crippen LogP contribution in [0.5, 0.6) is 0 Å². The van der Waals surface area contributed by atoms with Gasteiger partial charge < -0.3 is 5.73 Å². The van der Waals surface area contributed by atoms with Gasteiger partial charge in [-0.25, -0.2) is 8.96 Å². The molecule has 0 fully saturated rings. The third kappa shape index (κ3) is 2.59. The van der Waals surface area contributed by atoms with Crippen molar-refractivity contribution in [1.29, 1.82) is 0 Å². The Morgan fingerprint density at radius 1 is 1.45 bits per heavy atom. The molecule has 0 bridgehead atoms. The summed E-state index contributed by atoms with van der Waals surface area (Å²) in [4.78, 5) is 4.21. The van der Waals surface area contributed by atoms with Gasteiger partial charge in [-0.1, -0.05) is 11.6 Å². The van der Waals surface area contributed by atoms with Gasteiger partial charge in [0.25, 0.3) is 10.0 Å². The topological polar surface area (TPSA) is 78.0 Å². The van der Waals surface area contributed by atoms with Crippen molar-refractivity contribution in [2.75, 3.05) is 6.54 Å². The zero-order chi connectivity index (χ0) is 15.9. The van der Waals surface area contributed by atoms with E-state index in [9.17, 15) is 8.42 Å². The molecule has 0 aliphatic heterocycles. The lowest BCUT2D eigenvalue weighted by molar-refractivity contribution is 0.590. The van der Waals surface area contributed by atoms with E-state index >= 15 is 0 Å². The Morgan fingerprint density at radius 2 is 2.23 bits per heavy atom. The van der Waals surface area contributed by atoms with Crippen molar-refractivity contribution in [2.45, 2.75) is 10.6 Å². The van der Waals surface area contributed by atoms with Gasteiger partial charge in [0.05, 0.1) is 0 Å². The first-order valence-electron chi connectivity index (χ1n) is 6.30. The molecule has 0 saturated carbocycles. The third-order valence-electron chi connectivity index (χ3n) is 3.16. The van der Waals surface area contributed by atoms with Gasteiger partial charge in [0.15, 0.2) is 5.65 Å². The number of aromatic nitrogens is 2. The molecule has 22 heavy (non-hydrogen) atoms. The molecule has 0 unspecified atom stereocenters. The van der Waals surface area contributed by atoms with E-state index in [1.54, 1.807) is 18.5 Å².